The third-order valence-corrected chi connectivity index (χ3v) is 3.46. The van der Waals surface area contributed by atoms with Crippen LogP contribution in [0, 0.1) is 0 Å². The van der Waals surface area contributed by atoms with E-state index in [-0.39, 0.29) is 29.9 Å². The molecule has 0 spiro atoms. The van der Waals surface area contributed by atoms with Crippen molar-refractivity contribution in [3.63, 3.8) is 0 Å². The molecule has 0 amide bonds. The lowest BCUT2D eigenvalue weighted by atomic mass is 10.0. The zero-order chi connectivity index (χ0) is 15.4. The van der Waals surface area contributed by atoms with Crippen LogP contribution in [0.3, 0.4) is 0 Å². The van der Waals surface area contributed by atoms with Crippen molar-refractivity contribution in [3.05, 3.63) is 48.0 Å². The number of phenolic OH excluding ortho intramolecular Hbond substituents is 3. The van der Waals surface area contributed by atoms with Crippen LogP contribution in [-0.4, -0.2) is 33.6 Å². The minimum atomic E-state index is -0.286. The van der Waals surface area contributed by atoms with Crippen LogP contribution in [0.2, 0.25) is 0 Å². The second kappa shape index (κ2) is 6.37. The van der Waals surface area contributed by atoms with Gasteiger partial charge in [0.05, 0.1) is 18.3 Å². The van der Waals surface area contributed by atoms with Gasteiger partial charge in [0.2, 0.25) is 0 Å². The molecular weight excluding hydrogens is 270 g/mol. The fourth-order valence-electron chi connectivity index (χ4n) is 2.39. The number of aromatic hydroxyl groups is 3. The zero-order valence-corrected chi connectivity index (χ0v) is 11.8. The predicted molar refractivity (Wildman–Crippen MR) is 80.7 cm³/mol. The molecule has 0 heterocycles. The molecule has 5 heteroatoms. The molecule has 2 rings (SSSR count). The van der Waals surface area contributed by atoms with Crippen LogP contribution in [0.1, 0.15) is 18.5 Å². The van der Waals surface area contributed by atoms with Crippen molar-refractivity contribution in [2.75, 3.05) is 18.1 Å². The van der Waals surface area contributed by atoms with E-state index in [0.717, 1.165) is 0 Å². The van der Waals surface area contributed by atoms with E-state index in [1.54, 1.807) is 35.2 Å². The van der Waals surface area contributed by atoms with E-state index in [9.17, 15) is 20.4 Å². The fourth-order valence-corrected chi connectivity index (χ4v) is 2.39. The first-order valence-electron chi connectivity index (χ1n) is 6.72. The second-order valence-electron chi connectivity index (χ2n) is 4.82. The van der Waals surface area contributed by atoms with Gasteiger partial charge < -0.3 is 25.3 Å². The van der Waals surface area contributed by atoms with Crippen LogP contribution >= 0.6 is 0 Å². The van der Waals surface area contributed by atoms with Crippen molar-refractivity contribution >= 4 is 5.69 Å². The maximum atomic E-state index is 9.99. The van der Waals surface area contributed by atoms with E-state index >= 15 is 0 Å². The van der Waals surface area contributed by atoms with E-state index in [1.807, 2.05) is 6.92 Å². The summed E-state index contributed by atoms with van der Waals surface area (Å²) >= 11 is 0. The molecular formula is C16H19NO4. The first-order chi connectivity index (χ1) is 10.0. The van der Waals surface area contributed by atoms with Crippen LogP contribution in [0.5, 0.6) is 17.2 Å². The Morgan fingerprint density at radius 1 is 1.00 bits per heavy atom. The van der Waals surface area contributed by atoms with E-state index < -0.39 is 0 Å². The predicted octanol–water partition coefficient (Wildman–Crippen LogP) is 2.36. The highest BCUT2D eigenvalue weighted by Gasteiger charge is 2.21. The first kappa shape index (κ1) is 15.0. The van der Waals surface area contributed by atoms with Crippen molar-refractivity contribution < 1.29 is 20.4 Å². The Balaban J connectivity index is 2.40. The van der Waals surface area contributed by atoms with Crippen molar-refractivity contribution in [1.82, 2.24) is 0 Å². The molecule has 1 unspecified atom stereocenters. The molecule has 0 saturated heterocycles. The minimum Gasteiger partial charge on any atom is -0.508 e. The van der Waals surface area contributed by atoms with Gasteiger partial charge in [0, 0.05) is 18.2 Å². The van der Waals surface area contributed by atoms with E-state index in [0.29, 0.717) is 17.8 Å². The van der Waals surface area contributed by atoms with Gasteiger partial charge in [0.1, 0.15) is 17.2 Å². The molecule has 0 aromatic heterocycles. The van der Waals surface area contributed by atoms with Crippen molar-refractivity contribution in [2.45, 2.75) is 13.0 Å². The number of rotatable bonds is 5. The van der Waals surface area contributed by atoms with Gasteiger partial charge >= 0.3 is 0 Å². The number of anilines is 1. The third-order valence-electron chi connectivity index (χ3n) is 3.46. The van der Waals surface area contributed by atoms with Crippen molar-refractivity contribution in [2.24, 2.45) is 0 Å². The van der Waals surface area contributed by atoms with Gasteiger partial charge in [-0.2, -0.15) is 0 Å². The summed E-state index contributed by atoms with van der Waals surface area (Å²) in [4.78, 5) is 1.79. The topological polar surface area (TPSA) is 84.2 Å². The van der Waals surface area contributed by atoms with Crippen LogP contribution < -0.4 is 4.90 Å². The molecule has 5 nitrogen and oxygen atoms in total. The number of hydrogen-bond acceptors (Lipinski definition) is 5. The molecule has 0 aliphatic carbocycles. The van der Waals surface area contributed by atoms with Gasteiger partial charge in [-0.05, 0) is 31.2 Å². The zero-order valence-electron chi connectivity index (χ0n) is 11.8. The van der Waals surface area contributed by atoms with Gasteiger partial charge in [-0.25, -0.2) is 0 Å². The standard InChI is InChI=1S/C16H19NO4/c1-11(13-7-6-12(19)10-16(13)21)17(8-9-18)14-4-2-3-5-15(14)20/h2-7,10-11,18-21H,8-9H2,1H3. The lowest BCUT2D eigenvalue weighted by molar-refractivity contribution is 0.297. The molecule has 21 heavy (non-hydrogen) atoms. The number of phenols is 3. The van der Waals surface area contributed by atoms with Crippen LogP contribution in [0.4, 0.5) is 5.69 Å². The van der Waals surface area contributed by atoms with Gasteiger partial charge in [-0.3, -0.25) is 0 Å². The largest absolute Gasteiger partial charge is 0.508 e. The van der Waals surface area contributed by atoms with Gasteiger partial charge in [0.25, 0.3) is 0 Å². The smallest absolute Gasteiger partial charge is 0.138 e. The highest BCUT2D eigenvalue weighted by molar-refractivity contribution is 5.59. The number of hydrogen-bond donors (Lipinski definition) is 4. The van der Waals surface area contributed by atoms with Gasteiger partial charge in [-0.15, -0.1) is 0 Å². The quantitative estimate of drug-likeness (QED) is 0.679. The highest BCUT2D eigenvalue weighted by atomic mass is 16.3. The molecule has 2 aromatic carbocycles. The van der Waals surface area contributed by atoms with Gasteiger partial charge in [-0.1, -0.05) is 12.1 Å². The Kier molecular flexibility index (Phi) is 4.55. The summed E-state index contributed by atoms with van der Waals surface area (Å²) in [5.74, 6) is 0.0663. The Bertz CT molecular complexity index is 615. The monoisotopic (exact) mass is 289 g/mol. The molecule has 112 valence electrons. The number of nitrogens with zero attached hydrogens (tertiary/aromatic N) is 1. The molecule has 0 bridgehead atoms. The number of benzene rings is 2. The molecule has 2 aromatic rings. The maximum Gasteiger partial charge on any atom is 0.138 e. The average molecular weight is 289 g/mol. The SMILES string of the molecule is CC(c1ccc(O)cc1O)N(CCO)c1ccccc1O. The minimum absolute atomic E-state index is 0.0142. The number of aliphatic hydroxyl groups excluding tert-OH is 1. The van der Waals surface area contributed by atoms with Gasteiger partial charge in [0.15, 0.2) is 0 Å². The normalized spacial score (nSPS) is 12.1. The summed E-state index contributed by atoms with van der Waals surface area (Å²) in [6.07, 6.45) is 0. The summed E-state index contributed by atoms with van der Waals surface area (Å²) in [5.41, 5.74) is 1.18. The summed E-state index contributed by atoms with van der Waals surface area (Å²) in [6, 6.07) is 10.9. The van der Waals surface area contributed by atoms with E-state index in [4.69, 9.17) is 0 Å². The van der Waals surface area contributed by atoms with Crippen LogP contribution in [0.15, 0.2) is 42.5 Å². The average Bonchev–Trinajstić information content (AvgIpc) is 2.45. The van der Waals surface area contributed by atoms with Crippen LogP contribution in [-0.2, 0) is 0 Å². The fraction of sp³-hybridized carbons (Fsp3) is 0.250. The molecule has 0 saturated carbocycles. The number of para-hydroxylation sites is 2. The molecule has 0 aliphatic heterocycles. The van der Waals surface area contributed by atoms with E-state index in [1.165, 1.54) is 12.1 Å². The second-order valence-corrected chi connectivity index (χ2v) is 4.82. The Morgan fingerprint density at radius 3 is 2.33 bits per heavy atom. The van der Waals surface area contributed by atoms with E-state index in [2.05, 4.69) is 0 Å². The Labute approximate surface area is 123 Å². The molecule has 0 fully saturated rings. The first-order valence-corrected chi connectivity index (χ1v) is 6.72. The Morgan fingerprint density at radius 2 is 1.71 bits per heavy atom. The van der Waals surface area contributed by atoms with Crippen LogP contribution in [0.25, 0.3) is 0 Å². The lowest BCUT2D eigenvalue weighted by Gasteiger charge is -2.32. The molecule has 1 atom stereocenters. The highest BCUT2D eigenvalue weighted by Crippen LogP contribution is 2.36. The summed E-state index contributed by atoms with van der Waals surface area (Å²) in [7, 11) is 0. The Hall–Kier alpha value is -2.40. The summed E-state index contributed by atoms with van der Waals surface area (Å²) in [6.45, 7) is 2.07. The molecule has 4 N–H and O–H groups in total. The van der Waals surface area contributed by atoms with Crippen molar-refractivity contribution in [3.8, 4) is 17.2 Å². The summed E-state index contributed by atoms with van der Waals surface area (Å²) < 4.78 is 0. The third kappa shape index (κ3) is 3.20. The summed E-state index contributed by atoms with van der Waals surface area (Å²) in [5, 5.41) is 38.6. The maximum absolute atomic E-state index is 9.99. The van der Waals surface area contributed by atoms with Crippen molar-refractivity contribution in [1.29, 1.82) is 0 Å². The lowest BCUT2D eigenvalue weighted by Crippen LogP contribution is -2.29. The molecule has 0 radical (unpaired) electrons. The molecule has 0 aliphatic rings. The number of aliphatic hydroxyl groups is 1.